The lowest BCUT2D eigenvalue weighted by atomic mass is 10.1. The lowest BCUT2D eigenvalue weighted by Crippen LogP contribution is -2.34. The van der Waals surface area contributed by atoms with Gasteiger partial charge in [0.2, 0.25) is 17.2 Å². The first-order valence-electron chi connectivity index (χ1n) is 11.0. The van der Waals surface area contributed by atoms with Crippen molar-refractivity contribution in [3.8, 4) is 22.8 Å². The van der Waals surface area contributed by atoms with Gasteiger partial charge in [-0.25, -0.2) is 9.37 Å². The third kappa shape index (κ3) is 4.44. The Hall–Kier alpha value is -3.92. The highest BCUT2D eigenvalue weighted by Crippen LogP contribution is 2.22. The van der Waals surface area contributed by atoms with Crippen LogP contribution in [0.2, 0.25) is 0 Å². The maximum Gasteiger partial charge on any atom is 0.263 e. The van der Waals surface area contributed by atoms with Crippen molar-refractivity contribution >= 4 is 16.9 Å². The summed E-state index contributed by atoms with van der Waals surface area (Å²) >= 11 is 0. The number of aromatic nitrogens is 4. The molecule has 174 valence electrons. The van der Waals surface area contributed by atoms with Crippen LogP contribution in [0, 0.1) is 12.7 Å². The summed E-state index contributed by atoms with van der Waals surface area (Å²) in [6.07, 6.45) is 3.43. The number of carbonyl (C=O) groups excluding carboxylic acids is 1. The molecule has 4 heterocycles. The highest BCUT2D eigenvalue weighted by atomic mass is 19.1. The second kappa shape index (κ2) is 9.14. The summed E-state index contributed by atoms with van der Waals surface area (Å²) in [6, 6.07) is 9.02. The molecule has 0 saturated carbocycles. The number of fused-ring (bicyclic) bond motifs is 1. The van der Waals surface area contributed by atoms with Gasteiger partial charge in [0.15, 0.2) is 0 Å². The molecule has 1 fully saturated rings. The maximum atomic E-state index is 13.2. The fraction of sp³-hybridized carbons (Fsp3) is 0.292. The van der Waals surface area contributed by atoms with E-state index in [-0.39, 0.29) is 47.1 Å². The van der Waals surface area contributed by atoms with Crippen LogP contribution in [0.1, 0.15) is 18.5 Å². The van der Waals surface area contributed by atoms with Gasteiger partial charge in [-0.3, -0.25) is 9.59 Å². The first-order chi connectivity index (χ1) is 16.5. The van der Waals surface area contributed by atoms with Gasteiger partial charge in [-0.05, 0) is 56.2 Å². The number of nitrogens with one attached hydrogen (secondary N) is 1. The normalized spacial score (nSPS) is 15.6. The number of ether oxygens (including phenoxy) is 1. The molecule has 0 bridgehead atoms. The minimum absolute atomic E-state index is 0.000291. The summed E-state index contributed by atoms with van der Waals surface area (Å²) < 4.78 is 25.8. The summed E-state index contributed by atoms with van der Waals surface area (Å²) in [7, 11) is 0. The maximum absolute atomic E-state index is 13.2. The minimum atomic E-state index is -0.384. The Morgan fingerprint density at radius 2 is 2.03 bits per heavy atom. The van der Waals surface area contributed by atoms with Crippen LogP contribution in [0.25, 0.3) is 33.9 Å². The largest absolute Gasteiger partial charge is 0.376 e. The fourth-order valence-corrected chi connectivity index (χ4v) is 3.93. The van der Waals surface area contributed by atoms with Crippen molar-refractivity contribution in [3.05, 3.63) is 64.3 Å². The van der Waals surface area contributed by atoms with Crippen LogP contribution in [0.15, 0.2) is 51.9 Å². The molecule has 1 aromatic carbocycles. The quantitative estimate of drug-likeness (QED) is 0.468. The summed E-state index contributed by atoms with van der Waals surface area (Å²) in [5.41, 5.74) is 1.45. The van der Waals surface area contributed by atoms with E-state index in [0.29, 0.717) is 35.4 Å². The van der Waals surface area contributed by atoms with Crippen molar-refractivity contribution in [2.75, 3.05) is 13.2 Å². The molecule has 1 atom stereocenters. The molecule has 1 aliphatic heterocycles. The van der Waals surface area contributed by atoms with E-state index in [0.717, 1.165) is 12.8 Å². The number of rotatable bonds is 6. The standard InChI is InChI=1S/C24H22FN5O4/c1-14-4-9-18-21(32)19(24-28-22(29-34-24)15-5-7-16(25)8-6-15)12-30(23(18)27-14)13-20(31)26-11-17-3-2-10-33-17/h4-9,12,17H,2-3,10-11,13H2,1H3,(H,26,31)/t17-/m1/s1. The molecule has 4 aromatic rings. The highest BCUT2D eigenvalue weighted by Gasteiger charge is 2.20. The topological polar surface area (TPSA) is 112 Å². The Bertz CT molecular complexity index is 1410. The van der Waals surface area contributed by atoms with E-state index in [2.05, 4.69) is 20.4 Å². The average Bonchev–Trinajstić information content (AvgIpc) is 3.52. The molecule has 0 radical (unpaired) electrons. The van der Waals surface area contributed by atoms with Gasteiger partial charge in [-0.15, -0.1) is 0 Å². The number of hydrogen-bond donors (Lipinski definition) is 1. The van der Waals surface area contributed by atoms with Crippen LogP contribution in [0.3, 0.4) is 0 Å². The van der Waals surface area contributed by atoms with E-state index in [4.69, 9.17) is 9.26 Å². The van der Waals surface area contributed by atoms with Crippen molar-refractivity contribution in [1.29, 1.82) is 0 Å². The van der Waals surface area contributed by atoms with E-state index in [1.807, 2.05) is 6.92 Å². The van der Waals surface area contributed by atoms with Crippen molar-refractivity contribution in [3.63, 3.8) is 0 Å². The second-order valence-corrected chi connectivity index (χ2v) is 8.19. The van der Waals surface area contributed by atoms with E-state index in [1.165, 1.54) is 30.5 Å². The molecule has 0 unspecified atom stereocenters. The predicted octanol–water partition coefficient (Wildman–Crippen LogP) is 2.86. The Kier molecular flexibility index (Phi) is 5.89. The van der Waals surface area contributed by atoms with Crippen LogP contribution < -0.4 is 10.7 Å². The van der Waals surface area contributed by atoms with E-state index >= 15 is 0 Å². The molecule has 0 spiro atoms. The van der Waals surface area contributed by atoms with Crippen LogP contribution >= 0.6 is 0 Å². The minimum Gasteiger partial charge on any atom is -0.376 e. The van der Waals surface area contributed by atoms with Crippen LogP contribution in [0.4, 0.5) is 4.39 Å². The molecule has 3 aromatic heterocycles. The Morgan fingerprint density at radius 1 is 1.21 bits per heavy atom. The Balaban J connectivity index is 1.49. The molecule has 34 heavy (non-hydrogen) atoms. The molecule has 1 saturated heterocycles. The van der Waals surface area contributed by atoms with Crippen LogP contribution in [0.5, 0.6) is 0 Å². The first-order valence-corrected chi connectivity index (χ1v) is 11.0. The van der Waals surface area contributed by atoms with Gasteiger partial charge in [-0.2, -0.15) is 4.98 Å². The van der Waals surface area contributed by atoms with Gasteiger partial charge >= 0.3 is 0 Å². The average molecular weight is 463 g/mol. The predicted molar refractivity (Wildman–Crippen MR) is 121 cm³/mol. The number of benzene rings is 1. The molecule has 1 amide bonds. The van der Waals surface area contributed by atoms with Crippen molar-refractivity contribution in [2.45, 2.75) is 32.4 Å². The summed E-state index contributed by atoms with van der Waals surface area (Å²) in [5.74, 6) is -0.393. The van der Waals surface area contributed by atoms with Gasteiger partial charge < -0.3 is 19.1 Å². The van der Waals surface area contributed by atoms with Gasteiger partial charge in [0.05, 0.1) is 11.5 Å². The van der Waals surface area contributed by atoms with E-state index in [9.17, 15) is 14.0 Å². The second-order valence-electron chi connectivity index (χ2n) is 8.19. The molecular formula is C24H22FN5O4. The SMILES string of the molecule is Cc1ccc2c(=O)c(-c3nc(-c4ccc(F)cc4)no3)cn(CC(=O)NC[C@H]3CCCO3)c2n1. The highest BCUT2D eigenvalue weighted by molar-refractivity contribution is 5.83. The monoisotopic (exact) mass is 463 g/mol. The zero-order valence-electron chi connectivity index (χ0n) is 18.5. The Morgan fingerprint density at radius 3 is 2.79 bits per heavy atom. The zero-order chi connectivity index (χ0) is 23.7. The first kappa shape index (κ1) is 21.9. The molecule has 10 heteroatoms. The third-order valence-corrected chi connectivity index (χ3v) is 5.68. The molecule has 0 aliphatic carbocycles. The van der Waals surface area contributed by atoms with Crippen LogP contribution in [-0.4, -0.2) is 44.9 Å². The number of aryl methyl sites for hydroxylation is 1. The van der Waals surface area contributed by atoms with E-state index in [1.54, 1.807) is 16.7 Å². The Labute approximate surface area is 193 Å². The number of nitrogens with zero attached hydrogens (tertiary/aromatic N) is 4. The summed E-state index contributed by atoms with van der Waals surface area (Å²) in [5, 5.41) is 7.14. The molecule has 1 aliphatic rings. The van der Waals surface area contributed by atoms with Crippen molar-refractivity contribution < 1.29 is 18.4 Å². The van der Waals surface area contributed by atoms with Gasteiger partial charge in [0.1, 0.15) is 23.6 Å². The van der Waals surface area contributed by atoms with Gasteiger partial charge in [-0.1, -0.05) is 5.16 Å². The molecule has 5 rings (SSSR count). The summed E-state index contributed by atoms with van der Waals surface area (Å²) in [6.45, 7) is 2.90. The van der Waals surface area contributed by atoms with Gasteiger partial charge in [0, 0.05) is 30.6 Å². The fourth-order valence-electron chi connectivity index (χ4n) is 3.93. The number of halogens is 1. The van der Waals surface area contributed by atoms with Crippen molar-refractivity contribution in [1.82, 2.24) is 25.0 Å². The zero-order valence-corrected chi connectivity index (χ0v) is 18.5. The summed E-state index contributed by atoms with van der Waals surface area (Å²) in [4.78, 5) is 34.7. The smallest absolute Gasteiger partial charge is 0.263 e. The van der Waals surface area contributed by atoms with Gasteiger partial charge in [0.25, 0.3) is 5.89 Å². The molecule has 1 N–H and O–H groups in total. The van der Waals surface area contributed by atoms with Crippen LogP contribution in [-0.2, 0) is 16.1 Å². The van der Waals surface area contributed by atoms with Crippen molar-refractivity contribution in [2.24, 2.45) is 0 Å². The molecule has 9 nitrogen and oxygen atoms in total. The van der Waals surface area contributed by atoms with E-state index < -0.39 is 0 Å². The number of amides is 1. The lowest BCUT2D eigenvalue weighted by molar-refractivity contribution is -0.122. The lowest BCUT2D eigenvalue weighted by Gasteiger charge is -2.14. The number of hydrogen-bond acceptors (Lipinski definition) is 7. The molecular weight excluding hydrogens is 441 g/mol. The number of pyridine rings is 2. The third-order valence-electron chi connectivity index (χ3n) is 5.68. The number of carbonyl (C=O) groups is 1.